The molecule has 0 aliphatic heterocycles. The van der Waals surface area contributed by atoms with Crippen LogP contribution in [-0.4, -0.2) is 71.8 Å². The summed E-state index contributed by atoms with van der Waals surface area (Å²) in [7, 11) is 1.65. The Hall–Kier alpha value is -0.0100. The second-order valence-corrected chi connectivity index (χ2v) is 7.82. The van der Waals surface area contributed by atoms with E-state index in [0.717, 1.165) is 13.0 Å². The van der Waals surface area contributed by atoms with Crippen molar-refractivity contribution in [3.05, 3.63) is 0 Å². The minimum atomic E-state index is -4.23. The largest absolute Gasteiger partial charge is 0.756 e. The van der Waals surface area contributed by atoms with E-state index in [1.165, 1.54) is 19.3 Å². The van der Waals surface area contributed by atoms with Gasteiger partial charge in [-0.1, -0.05) is 26.2 Å². The quantitative estimate of drug-likeness (QED) is 0.239. The highest BCUT2D eigenvalue weighted by Crippen LogP contribution is 2.37. The highest BCUT2D eigenvalue weighted by Gasteiger charge is 2.12. The standard InChI is InChI=1S/C15H34NO6P/c1-5-6-7-8-10-19-12-13-20-14-15-22-23(17,18)21-11-9-16(2,3)4/h5-15H2,1-4H3. The Bertz CT molecular complexity index is 322. The van der Waals surface area contributed by atoms with Crippen LogP contribution in [0.25, 0.3) is 0 Å². The average molecular weight is 355 g/mol. The lowest BCUT2D eigenvalue weighted by Gasteiger charge is -2.27. The molecule has 0 radical (unpaired) electrons. The molecule has 140 valence electrons. The van der Waals surface area contributed by atoms with E-state index >= 15 is 0 Å². The molecule has 1 atom stereocenters. The molecule has 0 heterocycles. The minimum absolute atomic E-state index is 0.0400. The first-order valence-electron chi connectivity index (χ1n) is 8.33. The third-order valence-corrected chi connectivity index (χ3v) is 4.00. The van der Waals surface area contributed by atoms with Crippen molar-refractivity contribution in [1.29, 1.82) is 0 Å². The minimum Gasteiger partial charge on any atom is -0.756 e. The summed E-state index contributed by atoms with van der Waals surface area (Å²) < 4.78 is 32.3. The molecule has 7 nitrogen and oxygen atoms in total. The van der Waals surface area contributed by atoms with E-state index in [1.807, 2.05) is 21.1 Å². The molecule has 0 N–H and O–H groups in total. The summed E-state index contributed by atoms with van der Waals surface area (Å²) in [5.74, 6) is 0. The summed E-state index contributed by atoms with van der Waals surface area (Å²) >= 11 is 0. The van der Waals surface area contributed by atoms with E-state index in [2.05, 4.69) is 6.92 Å². The Labute approximate surface area is 141 Å². The van der Waals surface area contributed by atoms with Gasteiger partial charge in [0.25, 0.3) is 7.82 Å². The predicted octanol–water partition coefficient (Wildman–Crippen LogP) is 1.81. The summed E-state index contributed by atoms with van der Waals surface area (Å²) in [4.78, 5) is 11.5. The van der Waals surface area contributed by atoms with Gasteiger partial charge in [-0.05, 0) is 6.42 Å². The second-order valence-electron chi connectivity index (χ2n) is 6.41. The van der Waals surface area contributed by atoms with Crippen molar-refractivity contribution in [3.63, 3.8) is 0 Å². The number of likely N-dealkylation sites (N-methyl/N-ethyl adjacent to an activating group) is 1. The summed E-state index contributed by atoms with van der Waals surface area (Å²) in [6, 6.07) is 0. The highest BCUT2D eigenvalue weighted by molar-refractivity contribution is 7.45. The predicted molar refractivity (Wildman–Crippen MR) is 88.2 cm³/mol. The van der Waals surface area contributed by atoms with Gasteiger partial charge in [0.1, 0.15) is 13.2 Å². The maximum Gasteiger partial charge on any atom is 0.268 e. The van der Waals surface area contributed by atoms with Crippen molar-refractivity contribution in [2.75, 3.05) is 67.3 Å². The average Bonchev–Trinajstić information content (AvgIpc) is 2.43. The number of phosphoric acid groups is 1. The number of hydrogen-bond acceptors (Lipinski definition) is 6. The fourth-order valence-corrected chi connectivity index (χ4v) is 2.30. The van der Waals surface area contributed by atoms with Crippen LogP contribution >= 0.6 is 7.82 Å². The number of nitrogens with zero attached hydrogens (tertiary/aromatic N) is 1. The fourth-order valence-electron chi connectivity index (χ4n) is 1.62. The van der Waals surface area contributed by atoms with Crippen LogP contribution in [0.3, 0.4) is 0 Å². The van der Waals surface area contributed by atoms with Gasteiger partial charge in [0.05, 0.1) is 47.6 Å². The van der Waals surface area contributed by atoms with Crippen LogP contribution in [0.1, 0.15) is 32.6 Å². The number of unbranched alkanes of at least 4 members (excludes halogenated alkanes) is 3. The van der Waals surface area contributed by atoms with Gasteiger partial charge in [-0.15, -0.1) is 0 Å². The molecule has 23 heavy (non-hydrogen) atoms. The lowest BCUT2D eigenvalue weighted by Crippen LogP contribution is -2.37. The Morgan fingerprint density at radius 2 is 1.39 bits per heavy atom. The smallest absolute Gasteiger partial charge is 0.268 e. The molecule has 1 unspecified atom stereocenters. The molecule has 8 heteroatoms. The van der Waals surface area contributed by atoms with Crippen LogP contribution in [0.5, 0.6) is 0 Å². The van der Waals surface area contributed by atoms with E-state index in [9.17, 15) is 9.46 Å². The molecule has 0 aliphatic carbocycles. The SMILES string of the molecule is CCCCCCOCCOCCOP(=O)([O-])OCC[N+](C)(C)C. The van der Waals surface area contributed by atoms with Gasteiger partial charge < -0.3 is 27.9 Å². The third-order valence-electron chi connectivity index (χ3n) is 3.00. The van der Waals surface area contributed by atoms with Gasteiger partial charge in [-0.25, -0.2) is 0 Å². The Balaban J connectivity index is 3.40. The van der Waals surface area contributed by atoms with Crippen LogP contribution in [0, 0.1) is 0 Å². The molecular formula is C15H34NO6P. The van der Waals surface area contributed by atoms with Gasteiger partial charge in [-0.3, -0.25) is 4.57 Å². The van der Waals surface area contributed by atoms with Crippen molar-refractivity contribution in [1.82, 2.24) is 0 Å². The number of phosphoric ester groups is 1. The van der Waals surface area contributed by atoms with Crippen LogP contribution in [-0.2, 0) is 23.1 Å². The molecule has 0 saturated heterocycles. The Morgan fingerprint density at radius 1 is 0.826 bits per heavy atom. The van der Waals surface area contributed by atoms with Crippen LogP contribution in [0.4, 0.5) is 0 Å². The normalized spacial score (nSPS) is 14.8. The van der Waals surface area contributed by atoms with Crippen molar-refractivity contribution >= 4 is 7.82 Å². The van der Waals surface area contributed by atoms with E-state index in [1.54, 1.807) is 0 Å². The molecule has 0 amide bonds. The lowest BCUT2D eigenvalue weighted by atomic mass is 10.2. The first kappa shape index (κ1) is 23.0. The van der Waals surface area contributed by atoms with Crippen molar-refractivity contribution in [3.8, 4) is 0 Å². The summed E-state index contributed by atoms with van der Waals surface area (Å²) in [5.41, 5.74) is 0. The number of ether oxygens (including phenoxy) is 2. The van der Waals surface area contributed by atoms with Gasteiger partial charge >= 0.3 is 0 Å². The summed E-state index contributed by atoms with van der Waals surface area (Å²) in [5, 5.41) is 0. The zero-order chi connectivity index (χ0) is 17.6. The molecule has 0 aromatic rings. The van der Waals surface area contributed by atoms with Gasteiger partial charge in [0, 0.05) is 6.61 Å². The lowest BCUT2D eigenvalue weighted by molar-refractivity contribution is -0.870. The number of hydrogen-bond donors (Lipinski definition) is 0. The molecule has 0 spiro atoms. The molecule has 0 bridgehead atoms. The monoisotopic (exact) mass is 355 g/mol. The van der Waals surface area contributed by atoms with Crippen LogP contribution in [0.15, 0.2) is 0 Å². The van der Waals surface area contributed by atoms with Crippen molar-refractivity contribution < 1.29 is 32.5 Å². The van der Waals surface area contributed by atoms with Gasteiger partial charge in [0.15, 0.2) is 0 Å². The fraction of sp³-hybridized carbons (Fsp3) is 1.00. The van der Waals surface area contributed by atoms with Crippen LogP contribution < -0.4 is 4.89 Å². The Morgan fingerprint density at radius 3 is 2.00 bits per heavy atom. The maximum atomic E-state index is 11.5. The van der Waals surface area contributed by atoms with Gasteiger partial charge in [-0.2, -0.15) is 0 Å². The van der Waals surface area contributed by atoms with E-state index < -0.39 is 7.82 Å². The van der Waals surface area contributed by atoms with Crippen molar-refractivity contribution in [2.24, 2.45) is 0 Å². The second kappa shape index (κ2) is 13.3. The topological polar surface area (TPSA) is 77.1 Å². The molecule has 0 aromatic heterocycles. The molecule has 0 saturated carbocycles. The zero-order valence-electron chi connectivity index (χ0n) is 15.1. The molecule has 0 aliphatic rings. The number of quaternary nitrogens is 1. The summed E-state index contributed by atoms with van der Waals surface area (Å²) in [6.45, 7) is 4.72. The summed E-state index contributed by atoms with van der Waals surface area (Å²) in [6.07, 6.45) is 4.72. The molecule has 0 aromatic carbocycles. The Kier molecular flexibility index (Phi) is 13.3. The number of rotatable bonds is 16. The third kappa shape index (κ3) is 18.2. The van der Waals surface area contributed by atoms with E-state index in [-0.39, 0.29) is 19.8 Å². The van der Waals surface area contributed by atoms with E-state index in [0.29, 0.717) is 24.2 Å². The van der Waals surface area contributed by atoms with E-state index in [4.69, 9.17) is 18.5 Å². The zero-order valence-corrected chi connectivity index (χ0v) is 16.0. The first-order valence-corrected chi connectivity index (χ1v) is 9.79. The van der Waals surface area contributed by atoms with Crippen LogP contribution in [0.2, 0.25) is 0 Å². The maximum absolute atomic E-state index is 11.5. The molecular weight excluding hydrogens is 321 g/mol. The molecule has 0 fully saturated rings. The van der Waals surface area contributed by atoms with Gasteiger partial charge in [0.2, 0.25) is 0 Å². The highest BCUT2D eigenvalue weighted by atomic mass is 31.2. The van der Waals surface area contributed by atoms with Crippen molar-refractivity contribution in [2.45, 2.75) is 32.6 Å². The molecule has 0 rings (SSSR count). The first-order chi connectivity index (χ1) is 10.8.